The van der Waals surface area contributed by atoms with Gasteiger partial charge in [0.15, 0.2) is 11.6 Å². The van der Waals surface area contributed by atoms with Gasteiger partial charge in [0.1, 0.15) is 15.8 Å². The lowest BCUT2D eigenvalue weighted by Crippen LogP contribution is -2.01. The number of halogens is 4. The van der Waals surface area contributed by atoms with Gasteiger partial charge in [-0.2, -0.15) is 0 Å². The van der Waals surface area contributed by atoms with Crippen LogP contribution in [0.2, 0.25) is 0 Å². The van der Waals surface area contributed by atoms with Crippen molar-refractivity contribution < 1.29 is 13.2 Å². The van der Waals surface area contributed by atoms with Crippen molar-refractivity contribution in [3.63, 3.8) is 0 Å². The van der Waals surface area contributed by atoms with Gasteiger partial charge in [-0.1, -0.05) is 11.3 Å². The van der Waals surface area contributed by atoms with E-state index < -0.39 is 17.5 Å². The Bertz CT molecular complexity index is 916. The van der Waals surface area contributed by atoms with Crippen LogP contribution in [0, 0.1) is 21.0 Å². The number of hydrogen-bond acceptors (Lipinski definition) is 5. The fraction of sp³-hybridized carbons (Fsp3) is 0.125. The Morgan fingerprint density at radius 1 is 1.08 bits per heavy atom. The van der Waals surface area contributed by atoms with E-state index in [1.54, 1.807) is 6.07 Å². The first-order valence-electron chi connectivity index (χ1n) is 7.22. The van der Waals surface area contributed by atoms with Gasteiger partial charge in [-0.15, -0.1) is 10.2 Å². The van der Waals surface area contributed by atoms with Gasteiger partial charge in [0, 0.05) is 15.6 Å². The van der Waals surface area contributed by atoms with Gasteiger partial charge in [0.05, 0.1) is 11.4 Å². The van der Waals surface area contributed by atoms with Gasteiger partial charge in [-0.3, -0.25) is 0 Å². The van der Waals surface area contributed by atoms with E-state index in [1.807, 2.05) is 22.6 Å². The van der Waals surface area contributed by atoms with Crippen LogP contribution in [0.4, 0.5) is 24.5 Å². The summed E-state index contributed by atoms with van der Waals surface area (Å²) in [5.74, 6) is -2.71. The molecule has 0 aliphatic carbocycles. The molecule has 1 aromatic heterocycles. The fourth-order valence-electron chi connectivity index (χ4n) is 2.16. The van der Waals surface area contributed by atoms with Crippen molar-refractivity contribution in [2.24, 2.45) is 5.73 Å². The highest BCUT2D eigenvalue weighted by atomic mass is 127. The summed E-state index contributed by atoms with van der Waals surface area (Å²) in [6.45, 7) is 0.408. The molecule has 0 amide bonds. The number of rotatable bonds is 5. The van der Waals surface area contributed by atoms with Crippen molar-refractivity contribution in [3.8, 4) is 10.6 Å². The monoisotopic (exact) mass is 476 g/mol. The van der Waals surface area contributed by atoms with Crippen LogP contribution in [-0.4, -0.2) is 16.7 Å². The van der Waals surface area contributed by atoms with E-state index >= 15 is 0 Å². The molecule has 130 valence electrons. The zero-order valence-electron chi connectivity index (χ0n) is 12.7. The Morgan fingerprint density at radius 3 is 2.60 bits per heavy atom. The highest BCUT2D eigenvalue weighted by Crippen LogP contribution is 2.36. The highest BCUT2D eigenvalue weighted by Gasteiger charge is 2.19. The second kappa shape index (κ2) is 7.67. The predicted octanol–water partition coefficient (Wildman–Crippen LogP) is 4.47. The van der Waals surface area contributed by atoms with Crippen LogP contribution in [0.1, 0.15) is 5.01 Å². The molecule has 3 N–H and O–H groups in total. The lowest BCUT2D eigenvalue weighted by molar-refractivity contribution is 0.512. The first kappa shape index (κ1) is 18.1. The second-order valence-electron chi connectivity index (χ2n) is 5.07. The van der Waals surface area contributed by atoms with Crippen molar-refractivity contribution >= 4 is 45.3 Å². The van der Waals surface area contributed by atoms with Gasteiger partial charge in [-0.25, -0.2) is 13.2 Å². The van der Waals surface area contributed by atoms with Crippen LogP contribution in [-0.2, 0) is 6.42 Å². The molecule has 25 heavy (non-hydrogen) atoms. The zero-order chi connectivity index (χ0) is 18.0. The molecule has 3 aromatic rings. The molecule has 0 aliphatic heterocycles. The van der Waals surface area contributed by atoms with Crippen molar-refractivity contribution in [1.82, 2.24) is 10.2 Å². The lowest BCUT2D eigenvalue weighted by atomic mass is 10.1. The van der Waals surface area contributed by atoms with Crippen molar-refractivity contribution in [1.29, 1.82) is 0 Å². The normalized spacial score (nSPS) is 10.9. The minimum atomic E-state index is -1.11. The minimum Gasteiger partial charge on any atom is -0.350 e. The highest BCUT2D eigenvalue weighted by molar-refractivity contribution is 14.1. The number of aromatic nitrogens is 2. The van der Waals surface area contributed by atoms with E-state index in [2.05, 4.69) is 15.5 Å². The van der Waals surface area contributed by atoms with E-state index in [1.165, 1.54) is 29.5 Å². The Hall–Kier alpha value is -1.72. The third kappa shape index (κ3) is 3.93. The first-order chi connectivity index (χ1) is 12.0. The molecular formula is C16H12F3IN4S. The number of nitrogens with one attached hydrogen (secondary N) is 1. The molecular weight excluding hydrogens is 464 g/mol. The average molecular weight is 476 g/mol. The van der Waals surface area contributed by atoms with Crippen LogP contribution >= 0.6 is 33.9 Å². The van der Waals surface area contributed by atoms with E-state index in [0.717, 1.165) is 6.07 Å². The van der Waals surface area contributed by atoms with Crippen molar-refractivity contribution in [3.05, 3.63) is 56.4 Å². The molecule has 3 rings (SSSR count). The topological polar surface area (TPSA) is 63.8 Å². The van der Waals surface area contributed by atoms with Gasteiger partial charge < -0.3 is 11.1 Å². The quantitative estimate of drug-likeness (QED) is 0.534. The summed E-state index contributed by atoms with van der Waals surface area (Å²) in [5.41, 5.74) is 5.65. The molecule has 0 atom stereocenters. The molecule has 0 aliphatic rings. The maximum Gasteiger partial charge on any atom is 0.182 e. The molecule has 0 unspecified atom stereocenters. The standard InChI is InChI=1S/C16H12F3IN4S/c17-10-3-2-9(16-24-23-13(25-16)5-6-21)15(14(10)19)22-12-4-1-8(20)7-11(12)18/h1-4,7,22H,5-6,21H2. The van der Waals surface area contributed by atoms with Gasteiger partial charge in [-0.05, 0) is 59.5 Å². The smallest absolute Gasteiger partial charge is 0.182 e. The van der Waals surface area contributed by atoms with Crippen molar-refractivity contribution in [2.45, 2.75) is 6.42 Å². The number of benzene rings is 2. The summed E-state index contributed by atoms with van der Waals surface area (Å²) in [7, 11) is 0. The molecule has 9 heteroatoms. The largest absolute Gasteiger partial charge is 0.350 e. The summed E-state index contributed by atoms with van der Waals surface area (Å²) in [4.78, 5) is 0. The van der Waals surface area contributed by atoms with E-state index in [0.29, 0.717) is 32.1 Å². The van der Waals surface area contributed by atoms with Crippen LogP contribution in [0.25, 0.3) is 10.6 Å². The zero-order valence-corrected chi connectivity index (χ0v) is 15.7. The van der Waals surface area contributed by atoms with Crippen LogP contribution < -0.4 is 11.1 Å². The second-order valence-corrected chi connectivity index (χ2v) is 7.38. The molecule has 1 heterocycles. The predicted molar refractivity (Wildman–Crippen MR) is 100 cm³/mol. The molecule has 0 fully saturated rings. The fourth-order valence-corrected chi connectivity index (χ4v) is 3.50. The number of hydrogen-bond donors (Lipinski definition) is 2. The number of nitrogens with zero attached hydrogens (tertiary/aromatic N) is 2. The summed E-state index contributed by atoms with van der Waals surface area (Å²) in [6.07, 6.45) is 0.538. The molecule has 0 saturated heterocycles. The Kier molecular flexibility index (Phi) is 5.54. The first-order valence-corrected chi connectivity index (χ1v) is 9.12. The molecule has 0 spiro atoms. The number of nitrogens with two attached hydrogens (primary N) is 1. The molecule has 0 radical (unpaired) electrons. The van der Waals surface area contributed by atoms with E-state index in [9.17, 15) is 13.2 Å². The van der Waals surface area contributed by atoms with Crippen LogP contribution in [0.15, 0.2) is 30.3 Å². The SMILES string of the molecule is NCCc1nnc(-c2ccc(F)c(F)c2Nc2ccc(I)cc2F)s1. The third-order valence-corrected chi connectivity index (χ3v) is 5.03. The van der Waals surface area contributed by atoms with Gasteiger partial charge in [0.25, 0.3) is 0 Å². The minimum absolute atomic E-state index is 0.0397. The molecule has 0 saturated carbocycles. The summed E-state index contributed by atoms with van der Waals surface area (Å²) in [6, 6.07) is 6.81. The summed E-state index contributed by atoms with van der Waals surface area (Å²) < 4.78 is 42.9. The summed E-state index contributed by atoms with van der Waals surface area (Å²) in [5, 5.41) is 11.7. The van der Waals surface area contributed by atoms with Gasteiger partial charge in [0.2, 0.25) is 0 Å². The summed E-state index contributed by atoms with van der Waals surface area (Å²) >= 11 is 3.19. The van der Waals surface area contributed by atoms with E-state index in [-0.39, 0.29) is 11.4 Å². The number of anilines is 2. The van der Waals surface area contributed by atoms with Crippen LogP contribution in [0.5, 0.6) is 0 Å². The Balaban J connectivity index is 2.06. The Labute approximate surface area is 159 Å². The average Bonchev–Trinajstić information content (AvgIpc) is 3.03. The van der Waals surface area contributed by atoms with E-state index in [4.69, 9.17) is 5.73 Å². The maximum atomic E-state index is 14.4. The lowest BCUT2D eigenvalue weighted by Gasteiger charge is -2.13. The molecule has 4 nitrogen and oxygen atoms in total. The molecule has 0 bridgehead atoms. The van der Waals surface area contributed by atoms with Crippen LogP contribution in [0.3, 0.4) is 0 Å². The third-order valence-electron chi connectivity index (χ3n) is 3.34. The Morgan fingerprint density at radius 2 is 1.88 bits per heavy atom. The maximum absolute atomic E-state index is 14.4. The van der Waals surface area contributed by atoms with Crippen molar-refractivity contribution in [2.75, 3.05) is 11.9 Å². The molecule has 2 aromatic carbocycles. The van der Waals surface area contributed by atoms with Gasteiger partial charge >= 0.3 is 0 Å².